The number of hydrogen-bond donors (Lipinski definition) is 2. The highest BCUT2D eigenvalue weighted by atomic mass is 16.5. The Morgan fingerprint density at radius 1 is 1.29 bits per heavy atom. The number of nitrogens with two attached hydrogens (primary N) is 1. The minimum absolute atomic E-state index is 0.0433. The van der Waals surface area contributed by atoms with Crippen molar-refractivity contribution < 1.29 is 9.84 Å². The molecule has 0 heterocycles. The van der Waals surface area contributed by atoms with Crippen LogP contribution in [0.3, 0.4) is 0 Å². The molecule has 1 atom stereocenters. The van der Waals surface area contributed by atoms with Crippen LogP contribution in [-0.4, -0.2) is 43.4 Å². The van der Waals surface area contributed by atoms with Gasteiger partial charge >= 0.3 is 0 Å². The molecule has 0 aliphatic carbocycles. The van der Waals surface area contributed by atoms with Crippen LogP contribution in [0.4, 0.5) is 0 Å². The van der Waals surface area contributed by atoms with Gasteiger partial charge in [-0.2, -0.15) is 0 Å². The molecule has 1 unspecified atom stereocenters. The molecule has 0 fully saturated rings. The van der Waals surface area contributed by atoms with Crippen LogP contribution >= 0.6 is 0 Å². The Bertz CT molecular complexity index is 314. The third-order valence-electron chi connectivity index (χ3n) is 2.58. The van der Waals surface area contributed by atoms with Crippen molar-refractivity contribution in [2.24, 2.45) is 5.73 Å². The summed E-state index contributed by atoms with van der Waals surface area (Å²) in [4.78, 5) is 2.16. The maximum atomic E-state index is 8.95. The average Bonchev–Trinajstić information content (AvgIpc) is 2.30. The molecule has 0 saturated heterocycles. The molecule has 0 radical (unpaired) electrons. The fourth-order valence-electron chi connectivity index (χ4n) is 1.79. The molecule has 0 aliphatic rings. The molecule has 4 nitrogen and oxygen atoms in total. The van der Waals surface area contributed by atoms with Gasteiger partial charge in [0.1, 0.15) is 0 Å². The zero-order chi connectivity index (χ0) is 12.7. The number of likely N-dealkylation sites (N-methyl/N-ethyl adjacent to an activating group) is 1. The topological polar surface area (TPSA) is 58.7 Å². The third kappa shape index (κ3) is 5.28. The fraction of sp³-hybridized carbons (Fsp3) is 0.538. The van der Waals surface area contributed by atoms with Crippen LogP contribution in [-0.2, 0) is 17.9 Å². The number of methoxy groups -OCH3 is 1. The molecule has 3 N–H and O–H groups in total. The predicted molar refractivity (Wildman–Crippen MR) is 68.6 cm³/mol. The lowest BCUT2D eigenvalue weighted by atomic mass is 10.1. The average molecular weight is 238 g/mol. The summed E-state index contributed by atoms with van der Waals surface area (Å²) in [7, 11) is 3.70. The first-order valence-corrected chi connectivity index (χ1v) is 5.77. The maximum absolute atomic E-state index is 8.95. The quantitative estimate of drug-likeness (QED) is 0.730. The number of hydrogen-bond acceptors (Lipinski definition) is 4. The molecular weight excluding hydrogens is 216 g/mol. The number of rotatable bonds is 7. The van der Waals surface area contributed by atoms with Gasteiger partial charge in [0.2, 0.25) is 0 Å². The second-order valence-electron chi connectivity index (χ2n) is 4.39. The molecule has 0 bridgehead atoms. The van der Waals surface area contributed by atoms with E-state index in [1.165, 1.54) is 5.56 Å². The van der Waals surface area contributed by atoms with E-state index >= 15 is 0 Å². The van der Waals surface area contributed by atoms with Crippen molar-refractivity contribution in [2.75, 3.05) is 27.3 Å². The number of aliphatic hydroxyl groups is 1. The smallest absolute Gasteiger partial charge is 0.0681 e. The predicted octanol–water partition coefficient (Wildman–Crippen LogP) is 0.584. The van der Waals surface area contributed by atoms with Crippen LogP contribution in [0.15, 0.2) is 24.3 Å². The lowest BCUT2D eigenvalue weighted by Gasteiger charge is -2.20. The van der Waals surface area contributed by atoms with Crippen LogP contribution in [0.2, 0.25) is 0 Å². The van der Waals surface area contributed by atoms with Crippen molar-refractivity contribution in [3.05, 3.63) is 35.4 Å². The molecule has 0 aromatic heterocycles. The largest absolute Gasteiger partial charge is 0.392 e. The van der Waals surface area contributed by atoms with Crippen molar-refractivity contribution in [3.63, 3.8) is 0 Å². The lowest BCUT2D eigenvalue weighted by Crippen LogP contribution is -2.38. The van der Waals surface area contributed by atoms with Crippen molar-refractivity contribution in [1.29, 1.82) is 0 Å². The fourth-order valence-corrected chi connectivity index (χ4v) is 1.79. The molecule has 96 valence electrons. The van der Waals surface area contributed by atoms with E-state index < -0.39 is 0 Å². The van der Waals surface area contributed by atoms with Gasteiger partial charge in [-0.05, 0) is 18.2 Å². The van der Waals surface area contributed by atoms with E-state index in [1.54, 1.807) is 7.11 Å². The first-order valence-electron chi connectivity index (χ1n) is 5.77. The Kier molecular flexibility index (Phi) is 6.15. The van der Waals surface area contributed by atoms with Crippen molar-refractivity contribution in [2.45, 2.75) is 19.2 Å². The van der Waals surface area contributed by atoms with Gasteiger partial charge in [0.05, 0.1) is 13.2 Å². The Balaban J connectivity index is 2.41. The normalized spacial score (nSPS) is 13.0. The number of ether oxygens (including phenoxy) is 1. The molecule has 0 aliphatic heterocycles. The Hall–Kier alpha value is -0.940. The highest BCUT2D eigenvalue weighted by molar-refractivity contribution is 5.21. The second kappa shape index (κ2) is 7.40. The summed E-state index contributed by atoms with van der Waals surface area (Å²) in [6.07, 6.45) is 0. The lowest BCUT2D eigenvalue weighted by molar-refractivity contribution is 0.160. The molecule has 0 saturated carbocycles. The number of aliphatic hydroxyl groups excluding tert-OH is 1. The molecule has 1 aromatic carbocycles. The van der Waals surface area contributed by atoms with Crippen LogP contribution in [0.25, 0.3) is 0 Å². The van der Waals surface area contributed by atoms with Crippen LogP contribution in [0.5, 0.6) is 0 Å². The van der Waals surface area contributed by atoms with E-state index in [1.807, 2.05) is 31.3 Å². The van der Waals surface area contributed by atoms with Gasteiger partial charge in [-0.25, -0.2) is 0 Å². The van der Waals surface area contributed by atoms with Crippen LogP contribution in [0, 0.1) is 0 Å². The van der Waals surface area contributed by atoms with Crippen molar-refractivity contribution in [3.8, 4) is 0 Å². The van der Waals surface area contributed by atoms with Gasteiger partial charge in [-0.15, -0.1) is 0 Å². The third-order valence-corrected chi connectivity index (χ3v) is 2.58. The van der Waals surface area contributed by atoms with E-state index in [0.717, 1.165) is 18.7 Å². The van der Waals surface area contributed by atoms with E-state index in [4.69, 9.17) is 15.6 Å². The molecule has 0 spiro atoms. The molecular formula is C13H22N2O2. The number of nitrogens with zero attached hydrogens (tertiary/aromatic N) is 1. The minimum Gasteiger partial charge on any atom is -0.392 e. The summed E-state index contributed by atoms with van der Waals surface area (Å²) in [5.74, 6) is 0. The van der Waals surface area contributed by atoms with Gasteiger partial charge in [-0.1, -0.05) is 24.3 Å². The van der Waals surface area contributed by atoms with Crippen molar-refractivity contribution in [1.82, 2.24) is 4.90 Å². The van der Waals surface area contributed by atoms with E-state index in [-0.39, 0.29) is 12.6 Å². The van der Waals surface area contributed by atoms with Gasteiger partial charge < -0.3 is 20.5 Å². The van der Waals surface area contributed by atoms with Gasteiger partial charge in [0.15, 0.2) is 0 Å². The summed E-state index contributed by atoms with van der Waals surface area (Å²) >= 11 is 0. The second-order valence-corrected chi connectivity index (χ2v) is 4.39. The minimum atomic E-state index is 0.0433. The summed E-state index contributed by atoms with van der Waals surface area (Å²) in [5.41, 5.74) is 8.04. The standard InChI is InChI=1S/C13H22N2O2/c1-15(8-13(14)10-17-2)7-11-3-5-12(9-16)6-4-11/h3-6,13,16H,7-10,14H2,1-2H3. The first-order chi connectivity index (χ1) is 8.15. The van der Waals surface area contributed by atoms with Crippen molar-refractivity contribution >= 4 is 0 Å². The Labute approximate surface area is 103 Å². The van der Waals surface area contributed by atoms with E-state index in [9.17, 15) is 0 Å². The summed E-state index contributed by atoms with van der Waals surface area (Å²) in [6, 6.07) is 7.99. The van der Waals surface area contributed by atoms with E-state index in [0.29, 0.717) is 6.61 Å². The summed E-state index contributed by atoms with van der Waals surface area (Å²) < 4.78 is 5.01. The SMILES string of the molecule is COCC(N)CN(C)Cc1ccc(CO)cc1. The molecule has 1 rings (SSSR count). The van der Waals surface area contributed by atoms with E-state index in [2.05, 4.69) is 4.90 Å². The Morgan fingerprint density at radius 2 is 1.88 bits per heavy atom. The molecule has 1 aromatic rings. The van der Waals surface area contributed by atoms with Crippen LogP contribution < -0.4 is 5.73 Å². The molecule has 4 heteroatoms. The number of benzene rings is 1. The van der Waals surface area contributed by atoms with Gasteiger partial charge in [-0.3, -0.25) is 0 Å². The zero-order valence-corrected chi connectivity index (χ0v) is 10.6. The van der Waals surface area contributed by atoms with Crippen LogP contribution in [0.1, 0.15) is 11.1 Å². The summed E-state index contributed by atoms with van der Waals surface area (Å²) in [6.45, 7) is 2.32. The maximum Gasteiger partial charge on any atom is 0.0681 e. The molecule has 17 heavy (non-hydrogen) atoms. The summed E-state index contributed by atoms with van der Waals surface area (Å²) in [5, 5.41) is 8.95. The highest BCUT2D eigenvalue weighted by Gasteiger charge is 2.06. The molecule has 0 amide bonds. The van der Waals surface area contributed by atoms with Gasteiger partial charge in [0.25, 0.3) is 0 Å². The van der Waals surface area contributed by atoms with Gasteiger partial charge in [0, 0.05) is 26.2 Å². The Morgan fingerprint density at radius 3 is 2.41 bits per heavy atom. The first kappa shape index (κ1) is 14.1. The highest BCUT2D eigenvalue weighted by Crippen LogP contribution is 2.06. The zero-order valence-electron chi connectivity index (χ0n) is 10.6. The monoisotopic (exact) mass is 238 g/mol.